The molecule has 0 aromatic heterocycles. The highest BCUT2D eigenvalue weighted by atomic mass is 127. The zero-order valence-electron chi connectivity index (χ0n) is 12.6. The Morgan fingerprint density at radius 2 is 2.19 bits per heavy atom. The zero-order valence-corrected chi connectivity index (χ0v) is 14.7. The molecule has 21 heavy (non-hydrogen) atoms. The first-order valence-corrected chi connectivity index (χ1v) is 8.84. The summed E-state index contributed by atoms with van der Waals surface area (Å²) in [6, 6.07) is 3.69. The molecule has 1 fully saturated rings. The maximum atomic E-state index is 12.0. The van der Waals surface area contributed by atoms with Gasteiger partial charge in [0.1, 0.15) is 11.5 Å². The van der Waals surface area contributed by atoms with Crippen LogP contribution in [0.1, 0.15) is 35.2 Å². The van der Waals surface area contributed by atoms with Gasteiger partial charge in [0.2, 0.25) is 0 Å². The SMILES string of the molecule is CNC(=O)c1ccc(OCCCI)c(CC2CC2)c1OC. The maximum Gasteiger partial charge on any atom is 0.254 e. The number of ether oxygens (including phenoxy) is 2. The van der Waals surface area contributed by atoms with Crippen molar-refractivity contribution < 1.29 is 14.3 Å². The van der Waals surface area contributed by atoms with Crippen molar-refractivity contribution in [3.05, 3.63) is 23.3 Å². The summed E-state index contributed by atoms with van der Waals surface area (Å²) in [5.41, 5.74) is 1.62. The lowest BCUT2D eigenvalue weighted by atomic mass is 10.0. The van der Waals surface area contributed by atoms with Crippen molar-refractivity contribution in [1.82, 2.24) is 5.32 Å². The Morgan fingerprint density at radius 3 is 2.76 bits per heavy atom. The van der Waals surface area contributed by atoms with Crippen LogP contribution in [0, 0.1) is 5.92 Å². The number of carbonyl (C=O) groups excluding carboxylic acids is 1. The van der Waals surface area contributed by atoms with Gasteiger partial charge >= 0.3 is 0 Å². The van der Waals surface area contributed by atoms with E-state index in [9.17, 15) is 4.79 Å². The van der Waals surface area contributed by atoms with Gasteiger partial charge in [-0.05, 0) is 43.7 Å². The molecule has 0 radical (unpaired) electrons. The minimum Gasteiger partial charge on any atom is -0.495 e. The van der Waals surface area contributed by atoms with Crippen molar-refractivity contribution in [2.75, 3.05) is 25.2 Å². The molecular weight excluding hydrogens is 381 g/mol. The van der Waals surface area contributed by atoms with E-state index in [1.54, 1.807) is 20.2 Å². The van der Waals surface area contributed by atoms with Crippen LogP contribution in [0.25, 0.3) is 0 Å². The van der Waals surface area contributed by atoms with Crippen LogP contribution in [-0.4, -0.2) is 31.1 Å². The summed E-state index contributed by atoms with van der Waals surface area (Å²) in [5, 5.41) is 2.66. The normalized spacial score (nSPS) is 13.9. The molecule has 0 bridgehead atoms. The van der Waals surface area contributed by atoms with Gasteiger partial charge in [-0.25, -0.2) is 0 Å². The fourth-order valence-corrected chi connectivity index (χ4v) is 2.64. The number of amides is 1. The van der Waals surface area contributed by atoms with E-state index in [2.05, 4.69) is 27.9 Å². The topological polar surface area (TPSA) is 47.6 Å². The molecule has 0 spiro atoms. The van der Waals surface area contributed by atoms with Gasteiger partial charge in [0, 0.05) is 17.0 Å². The van der Waals surface area contributed by atoms with Crippen LogP contribution in [-0.2, 0) is 6.42 Å². The van der Waals surface area contributed by atoms with Crippen LogP contribution >= 0.6 is 22.6 Å². The number of hydrogen-bond acceptors (Lipinski definition) is 3. The monoisotopic (exact) mass is 403 g/mol. The van der Waals surface area contributed by atoms with Gasteiger partial charge in [0.05, 0.1) is 19.3 Å². The summed E-state index contributed by atoms with van der Waals surface area (Å²) in [7, 11) is 3.25. The Morgan fingerprint density at radius 1 is 1.43 bits per heavy atom. The van der Waals surface area contributed by atoms with Crippen molar-refractivity contribution in [3.63, 3.8) is 0 Å². The molecule has 0 saturated heterocycles. The Balaban J connectivity index is 2.32. The Labute approximate surface area is 139 Å². The minimum absolute atomic E-state index is 0.122. The molecule has 1 aromatic rings. The third-order valence-electron chi connectivity index (χ3n) is 3.62. The third-order valence-corrected chi connectivity index (χ3v) is 4.38. The van der Waals surface area contributed by atoms with E-state index in [1.165, 1.54) is 12.8 Å². The van der Waals surface area contributed by atoms with Gasteiger partial charge in [-0.2, -0.15) is 0 Å². The van der Waals surface area contributed by atoms with Crippen molar-refractivity contribution in [2.45, 2.75) is 25.7 Å². The molecule has 1 aliphatic carbocycles. The molecule has 0 aliphatic heterocycles. The van der Waals surface area contributed by atoms with E-state index in [0.29, 0.717) is 23.8 Å². The van der Waals surface area contributed by atoms with Crippen LogP contribution in [0.4, 0.5) is 0 Å². The number of methoxy groups -OCH3 is 1. The number of rotatable bonds is 8. The van der Waals surface area contributed by atoms with Crippen molar-refractivity contribution >= 4 is 28.5 Å². The zero-order chi connectivity index (χ0) is 15.2. The van der Waals surface area contributed by atoms with E-state index in [-0.39, 0.29) is 5.91 Å². The molecule has 0 unspecified atom stereocenters. The summed E-state index contributed by atoms with van der Waals surface area (Å²) >= 11 is 2.34. The fourth-order valence-electron chi connectivity index (χ4n) is 2.33. The van der Waals surface area contributed by atoms with E-state index < -0.39 is 0 Å². The third kappa shape index (κ3) is 4.25. The van der Waals surface area contributed by atoms with Gasteiger partial charge < -0.3 is 14.8 Å². The Bertz CT molecular complexity index is 501. The second-order valence-electron chi connectivity index (χ2n) is 5.24. The molecular formula is C16H22INO3. The predicted octanol–water partition coefficient (Wildman–Crippen LogP) is 3.21. The van der Waals surface area contributed by atoms with Crippen LogP contribution in [0.3, 0.4) is 0 Å². The van der Waals surface area contributed by atoms with Crippen molar-refractivity contribution in [3.8, 4) is 11.5 Å². The molecule has 0 heterocycles. The lowest BCUT2D eigenvalue weighted by Gasteiger charge is -2.17. The first kappa shape index (κ1) is 16.4. The molecule has 5 heteroatoms. The van der Waals surface area contributed by atoms with Crippen LogP contribution < -0.4 is 14.8 Å². The standard InChI is InChI=1S/C16H22INO3/c1-18-16(19)12-6-7-14(21-9-3-8-17)13(15(12)20-2)10-11-4-5-11/h6-7,11H,3-5,8-10H2,1-2H3,(H,18,19). The molecule has 1 amide bonds. The average molecular weight is 403 g/mol. The number of benzene rings is 1. The summed E-state index contributed by atoms with van der Waals surface area (Å²) < 4.78 is 12.5. The van der Waals surface area contributed by atoms with Crippen LogP contribution in [0.15, 0.2) is 12.1 Å². The maximum absolute atomic E-state index is 12.0. The minimum atomic E-state index is -0.122. The average Bonchev–Trinajstić information content (AvgIpc) is 3.31. The predicted molar refractivity (Wildman–Crippen MR) is 91.8 cm³/mol. The van der Waals surface area contributed by atoms with E-state index in [4.69, 9.17) is 9.47 Å². The summed E-state index contributed by atoms with van der Waals surface area (Å²) in [4.78, 5) is 12.0. The summed E-state index contributed by atoms with van der Waals surface area (Å²) in [6.45, 7) is 0.698. The molecule has 2 rings (SSSR count). The number of nitrogens with one attached hydrogen (secondary N) is 1. The Kier molecular flexibility index (Phi) is 6.14. The highest BCUT2D eigenvalue weighted by molar-refractivity contribution is 14.1. The molecule has 1 aromatic carbocycles. The summed E-state index contributed by atoms with van der Waals surface area (Å²) in [6.07, 6.45) is 4.44. The van der Waals surface area contributed by atoms with Gasteiger partial charge in [0.15, 0.2) is 0 Å². The number of alkyl halides is 1. The van der Waals surface area contributed by atoms with E-state index >= 15 is 0 Å². The quantitative estimate of drug-likeness (QED) is 0.412. The second kappa shape index (κ2) is 7.87. The molecule has 1 N–H and O–H groups in total. The molecule has 116 valence electrons. The number of hydrogen-bond donors (Lipinski definition) is 1. The molecule has 1 aliphatic rings. The number of carbonyl (C=O) groups is 1. The van der Waals surface area contributed by atoms with Gasteiger partial charge in [-0.3, -0.25) is 4.79 Å². The highest BCUT2D eigenvalue weighted by Gasteiger charge is 2.27. The van der Waals surface area contributed by atoms with Crippen LogP contribution in [0.5, 0.6) is 11.5 Å². The van der Waals surface area contributed by atoms with Crippen molar-refractivity contribution in [1.29, 1.82) is 0 Å². The summed E-state index contributed by atoms with van der Waals surface area (Å²) in [5.74, 6) is 2.10. The van der Waals surface area contributed by atoms with Crippen LogP contribution in [0.2, 0.25) is 0 Å². The Hall–Kier alpha value is -0.980. The van der Waals surface area contributed by atoms with Gasteiger partial charge in [0.25, 0.3) is 5.91 Å². The molecule has 1 saturated carbocycles. The first-order chi connectivity index (χ1) is 10.2. The molecule has 4 nitrogen and oxygen atoms in total. The second-order valence-corrected chi connectivity index (χ2v) is 6.32. The van der Waals surface area contributed by atoms with E-state index in [1.807, 2.05) is 6.07 Å². The lowest BCUT2D eigenvalue weighted by Crippen LogP contribution is -2.19. The largest absolute Gasteiger partial charge is 0.495 e. The number of halogens is 1. The highest BCUT2D eigenvalue weighted by Crippen LogP contribution is 2.40. The smallest absolute Gasteiger partial charge is 0.254 e. The first-order valence-electron chi connectivity index (χ1n) is 7.32. The van der Waals surface area contributed by atoms with E-state index in [0.717, 1.165) is 28.6 Å². The fraction of sp³-hybridized carbons (Fsp3) is 0.562. The van der Waals surface area contributed by atoms with Gasteiger partial charge in [-0.15, -0.1) is 0 Å². The lowest BCUT2D eigenvalue weighted by molar-refractivity contribution is 0.0960. The molecule has 0 atom stereocenters. The van der Waals surface area contributed by atoms with Crippen molar-refractivity contribution in [2.24, 2.45) is 5.92 Å². The van der Waals surface area contributed by atoms with Gasteiger partial charge in [-0.1, -0.05) is 22.6 Å².